The predicted molar refractivity (Wildman–Crippen MR) is 62.4 cm³/mol. The summed E-state index contributed by atoms with van der Waals surface area (Å²) in [6, 6.07) is 6.98. The van der Waals surface area contributed by atoms with E-state index in [9.17, 15) is 0 Å². The van der Waals surface area contributed by atoms with Crippen LogP contribution in [0.4, 0.5) is 5.69 Å². The van der Waals surface area contributed by atoms with Gasteiger partial charge in [0.25, 0.3) is 0 Å². The lowest BCUT2D eigenvalue weighted by molar-refractivity contribution is 0.228. The van der Waals surface area contributed by atoms with Crippen LogP contribution in [-0.2, 0) is 0 Å². The van der Waals surface area contributed by atoms with Gasteiger partial charge in [0, 0.05) is 5.69 Å². The van der Waals surface area contributed by atoms with Crippen LogP contribution in [0.2, 0.25) is 0 Å². The van der Waals surface area contributed by atoms with Crippen molar-refractivity contribution in [3.63, 3.8) is 0 Å². The molecular formula is C11H13N3O. The predicted octanol–water partition coefficient (Wildman–Crippen LogP) is 1.88. The Morgan fingerprint density at radius 2 is 2.07 bits per heavy atom. The number of allylic oxidation sites excluding steroid dienone is 2. The zero-order chi connectivity index (χ0) is 11.1. The summed E-state index contributed by atoms with van der Waals surface area (Å²) >= 11 is 0. The average molecular weight is 203 g/mol. The number of hydroxylamine groups is 1. The van der Waals surface area contributed by atoms with Crippen LogP contribution in [0.15, 0.2) is 53.8 Å². The summed E-state index contributed by atoms with van der Waals surface area (Å²) in [4.78, 5) is 8.90. The van der Waals surface area contributed by atoms with Crippen LogP contribution in [0, 0.1) is 0 Å². The number of hydrogen-bond donors (Lipinski definition) is 2. The molecule has 0 aromatic heterocycles. The molecule has 0 amide bonds. The molecule has 78 valence electrons. The first kappa shape index (κ1) is 10.8. The first-order valence-electron chi connectivity index (χ1n) is 4.34. The molecule has 1 aromatic carbocycles. The van der Waals surface area contributed by atoms with Crippen molar-refractivity contribution in [1.29, 1.82) is 0 Å². The van der Waals surface area contributed by atoms with E-state index in [1.54, 1.807) is 36.4 Å². The molecule has 3 N–H and O–H groups in total. The van der Waals surface area contributed by atoms with Gasteiger partial charge in [0.15, 0.2) is 11.6 Å². The number of benzene rings is 1. The fourth-order valence-corrected chi connectivity index (χ4v) is 0.878. The summed E-state index contributed by atoms with van der Waals surface area (Å²) in [5.74, 6) is 1.13. The van der Waals surface area contributed by atoms with Crippen LogP contribution < -0.4 is 16.1 Å². The number of aliphatic imine (C=N–C) groups is 1. The summed E-state index contributed by atoms with van der Waals surface area (Å²) in [5, 5.41) is 0. The minimum Gasteiger partial charge on any atom is -0.399 e. The average Bonchev–Trinajstić information content (AvgIpc) is 2.26. The number of nitrogens with two attached hydrogens (primary N) is 1. The second-order valence-electron chi connectivity index (χ2n) is 2.72. The maximum Gasteiger partial charge on any atom is 0.159 e. The molecule has 15 heavy (non-hydrogen) atoms. The molecule has 0 aliphatic rings. The van der Waals surface area contributed by atoms with Gasteiger partial charge in [0.1, 0.15) is 0 Å². The van der Waals surface area contributed by atoms with Gasteiger partial charge in [0.05, 0.1) is 0 Å². The first-order valence-corrected chi connectivity index (χ1v) is 4.34. The van der Waals surface area contributed by atoms with Gasteiger partial charge in [-0.25, -0.2) is 10.5 Å². The summed E-state index contributed by atoms with van der Waals surface area (Å²) in [5.41, 5.74) is 8.84. The van der Waals surface area contributed by atoms with Crippen molar-refractivity contribution in [2.24, 2.45) is 4.99 Å². The third-order valence-corrected chi connectivity index (χ3v) is 1.60. The van der Waals surface area contributed by atoms with Crippen molar-refractivity contribution in [2.75, 3.05) is 5.73 Å². The van der Waals surface area contributed by atoms with Crippen molar-refractivity contribution in [3.05, 3.63) is 48.8 Å². The first-order chi connectivity index (χ1) is 7.26. The van der Waals surface area contributed by atoms with E-state index in [0.29, 0.717) is 17.3 Å². The Labute approximate surface area is 88.7 Å². The van der Waals surface area contributed by atoms with Crippen molar-refractivity contribution >= 4 is 12.4 Å². The van der Waals surface area contributed by atoms with E-state index < -0.39 is 0 Å². The Balaban J connectivity index is 2.56. The zero-order valence-electron chi connectivity index (χ0n) is 8.31. The van der Waals surface area contributed by atoms with Gasteiger partial charge >= 0.3 is 0 Å². The number of anilines is 1. The van der Waals surface area contributed by atoms with Crippen molar-refractivity contribution in [1.82, 2.24) is 5.48 Å². The highest BCUT2D eigenvalue weighted by Gasteiger charge is 1.94. The van der Waals surface area contributed by atoms with Crippen LogP contribution in [-0.4, -0.2) is 6.72 Å². The van der Waals surface area contributed by atoms with E-state index in [1.807, 2.05) is 0 Å². The van der Waals surface area contributed by atoms with Gasteiger partial charge in [-0.05, 0) is 37.1 Å². The van der Waals surface area contributed by atoms with E-state index >= 15 is 0 Å². The molecule has 0 saturated heterocycles. The summed E-state index contributed by atoms with van der Waals surface area (Å²) in [7, 11) is 0. The molecule has 0 bridgehead atoms. The lowest BCUT2D eigenvalue weighted by Crippen LogP contribution is -2.16. The Kier molecular flexibility index (Phi) is 3.97. The molecular weight excluding hydrogens is 190 g/mol. The molecule has 0 aliphatic heterocycles. The quantitative estimate of drug-likeness (QED) is 0.332. The number of hydrogen-bond acceptors (Lipinski definition) is 4. The van der Waals surface area contributed by atoms with E-state index in [0.717, 1.165) is 0 Å². The zero-order valence-corrected chi connectivity index (χ0v) is 8.31. The van der Waals surface area contributed by atoms with Crippen LogP contribution in [0.1, 0.15) is 0 Å². The Morgan fingerprint density at radius 1 is 1.40 bits per heavy atom. The topological polar surface area (TPSA) is 59.6 Å². The largest absolute Gasteiger partial charge is 0.399 e. The maximum absolute atomic E-state index is 5.53. The minimum atomic E-state index is 0.488. The van der Waals surface area contributed by atoms with Crippen molar-refractivity contribution in [3.8, 4) is 5.75 Å². The molecule has 0 fully saturated rings. The molecule has 0 heterocycles. The minimum absolute atomic E-state index is 0.488. The number of nitrogen functional groups attached to an aromatic ring is 1. The van der Waals surface area contributed by atoms with Crippen LogP contribution in [0.25, 0.3) is 0 Å². The highest BCUT2D eigenvalue weighted by Crippen LogP contribution is 2.12. The van der Waals surface area contributed by atoms with Gasteiger partial charge in [0.2, 0.25) is 0 Å². The summed E-state index contributed by atoms with van der Waals surface area (Å²) in [6.45, 7) is 6.92. The van der Waals surface area contributed by atoms with Crippen molar-refractivity contribution in [2.45, 2.75) is 0 Å². The highest BCUT2D eigenvalue weighted by molar-refractivity contribution is 5.41. The van der Waals surface area contributed by atoms with E-state index in [1.165, 1.54) is 0 Å². The Hall–Kier alpha value is -2.23. The number of rotatable bonds is 5. The lowest BCUT2D eigenvalue weighted by atomic mass is 10.3. The highest BCUT2D eigenvalue weighted by atomic mass is 16.6. The summed E-state index contributed by atoms with van der Waals surface area (Å²) < 4.78 is 0. The summed E-state index contributed by atoms with van der Waals surface area (Å²) in [6.07, 6.45) is 3.23. The van der Waals surface area contributed by atoms with E-state index in [2.05, 4.69) is 23.8 Å². The number of nitrogens with one attached hydrogen (secondary N) is 1. The standard InChI is InChI=1S/C11H13N3O/c1-3-4-11(13-2)14-15-10-7-5-9(12)6-8-10/h3-8,14H,1-2,12H2/b11-4+. The van der Waals surface area contributed by atoms with Crippen molar-refractivity contribution < 1.29 is 4.84 Å². The van der Waals surface area contributed by atoms with E-state index in [4.69, 9.17) is 10.6 Å². The van der Waals surface area contributed by atoms with Crippen LogP contribution in [0.3, 0.4) is 0 Å². The molecule has 0 spiro atoms. The fourth-order valence-electron chi connectivity index (χ4n) is 0.878. The monoisotopic (exact) mass is 203 g/mol. The lowest BCUT2D eigenvalue weighted by Gasteiger charge is -2.07. The van der Waals surface area contributed by atoms with Gasteiger partial charge in [-0.3, -0.25) is 0 Å². The second kappa shape index (κ2) is 5.49. The normalized spacial score (nSPS) is 10.5. The molecule has 0 atom stereocenters. The van der Waals surface area contributed by atoms with Gasteiger partial charge in [-0.1, -0.05) is 12.7 Å². The molecule has 0 aliphatic carbocycles. The third kappa shape index (κ3) is 3.56. The second-order valence-corrected chi connectivity index (χ2v) is 2.72. The van der Waals surface area contributed by atoms with Crippen LogP contribution in [0.5, 0.6) is 5.75 Å². The molecule has 1 rings (SSSR count). The SMILES string of the molecule is C=C/C=C(\N=C)NOc1ccc(N)cc1. The Morgan fingerprint density at radius 3 is 2.60 bits per heavy atom. The molecule has 0 radical (unpaired) electrons. The molecule has 1 aromatic rings. The third-order valence-electron chi connectivity index (χ3n) is 1.60. The fraction of sp³-hybridized carbons (Fsp3) is 0. The van der Waals surface area contributed by atoms with Crippen LogP contribution >= 0.6 is 0 Å². The molecule has 0 saturated carbocycles. The maximum atomic E-state index is 5.53. The Bertz CT molecular complexity index is 368. The van der Waals surface area contributed by atoms with E-state index in [-0.39, 0.29) is 0 Å². The van der Waals surface area contributed by atoms with Gasteiger partial charge in [-0.15, -0.1) is 0 Å². The molecule has 0 unspecified atom stereocenters. The smallest absolute Gasteiger partial charge is 0.159 e. The van der Waals surface area contributed by atoms with Gasteiger partial charge < -0.3 is 10.6 Å². The molecule has 4 nitrogen and oxygen atoms in total. The molecule has 4 heteroatoms. The number of nitrogens with zero attached hydrogens (tertiary/aromatic N) is 1. The van der Waals surface area contributed by atoms with Gasteiger partial charge in [-0.2, -0.15) is 0 Å².